The summed E-state index contributed by atoms with van der Waals surface area (Å²) < 4.78 is 1.74. The number of carbonyl (C=O) groups excluding carboxylic acids is 2. The molecule has 0 radical (unpaired) electrons. The van der Waals surface area contributed by atoms with Gasteiger partial charge in [0, 0.05) is 18.1 Å². The summed E-state index contributed by atoms with van der Waals surface area (Å²) in [4.78, 5) is 27.6. The van der Waals surface area contributed by atoms with E-state index in [1.165, 1.54) is 23.1 Å². The molecule has 0 aliphatic heterocycles. The number of thiazole rings is 1. The van der Waals surface area contributed by atoms with Gasteiger partial charge in [-0.05, 0) is 6.42 Å². The number of imidazole rings is 1. The van der Waals surface area contributed by atoms with Gasteiger partial charge in [-0.25, -0.2) is 4.98 Å². The van der Waals surface area contributed by atoms with Crippen LogP contribution in [0.3, 0.4) is 0 Å². The zero-order chi connectivity index (χ0) is 13.0. The molecule has 1 N–H and O–H groups in total. The van der Waals surface area contributed by atoms with Crippen molar-refractivity contribution < 1.29 is 9.59 Å². The van der Waals surface area contributed by atoms with Gasteiger partial charge in [0.2, 0.25) is 5.91 Å². The average Bonchev–Trinajstić information content (AvgIpc) is 2.93. The van der Waals surface area contributed by atoms with Crippen LogP contribution in [-0.2, 0) is 4.79 Å². The van der Waals surface area contributed by atoms with Gasteiger partial charge in [0.15, 0.2) is 11.2 Å². The third kappa shape index (κ3) is 2.73. The second-order valence-electron chi connectivity index (χ2n) is 3.61. The Hall–Kier alpha value is -1.34. The highest BCUT2D eigenvalue weighted by Gasteiger charge is 2.14. The number of amides is 1. The molecular formula is C11H13N3O2S2. The number of rotatable bonds is 6. The van der Waals surface area contributed by atoms with Gasteiger partial charge in [-0.2, -0.15) is 0 Å². The molecule has 2 heterocycles. The molecule has 18 heavy (non-hydrogen) atoms. The molecule has 96 valence electrons. The zero-order valence-electron chi connectivity index (χ0n) is 9.88. The van der Waals surface area contributed by atoms with Crippen LogP contribution in [-0.4, -0.2) is 33.9 Å². The Morgan fingerprint density at radius 1 is 1.67 bits per heavy atom. The minimum absolute atomic E-state index is 0.0324. The van der Waals surface area contributed by atoms with Crippen LogP contribution >= 0.6 is 23.1 Å². The fourth-order valence-electron chi connectivity index (χ4n) is 1.45. The fourth-order valence-corrected chi connectivity index (χ4v) is 3.04. The van der Waals surface area contributed by atoms with E-state index >= 15 is 0 Å². The van der Waals surface area contributed by atoms with Crippen molar-refractivity contribution in [2.45, 2.75) is 18.4 Å². The van der Waals surface area contributed by atoms with Crippen molar-refractivity contribution in [3.8, 4) is 0 Å². The van der Waals surface area contributed by atoms with Crippen LogP contribution in [0.15, 0.2) is 16.6 Å². The average molecular weight is 283 g/mol. The van der Waals surface area contributed by atoms with Gasteiger partial charge in [0.05, 0.1) is 5.75 Å². The minimum atomic E-state index is -0.0324. The maximum atomic E-state index is 11.5. The Labute approximate surface area is 113 Å². The molecule has 2 rings (SSSR count). The lowest BCUT2D eigenvalue weighted by atomic mass is 10.5. The molecule has 0 aliphatic rings. The standard InChI is InChI=1S/C11H13N3O2S2/c1-2-3-12-9(16)7-18-10-8(6-15)14-4-5-17-11(14)13-10/h4-6H,2-3,7H2,1H3,(H,12,16). The molecule has 5 nitrogen and oxygen atoms in total. The predicted octanol–water partition coefficient (Wildman–Crippen LogP) is 1.83. The molecule has 0 saturated carbocycles. The lowest BCUT2D eigenvalue weighted by Gasteiger charge is -2.01. The minimum Gasteiger partial charge on any atom is -0.355 e. The van der Waals surface area contributed by atoms with E-state index in [2.05, 4.69) is 10.3 Å². The number of thioether (sulfide) groups is 1. The molecule has 0 bridgehead atoms. The van der Waals surface area contributed by atoms with E-state index < -0.39 is 0 Å². The number of nitrogens with one attached hydrogen (secondary N) is 1. The van der Waals surface area contributed by atoms with E-state index in [4.69, 9.17) is 0 Å². The van der Waals surface area contributed by atoms with Gasteiger partial charge in [-0.15, -0.1) is 11.3 Å². The lowest BCUT2D eigenvalue weighted by molar-refractivity contribution is -0.118. The third-order valence-corrected chi connectivity index (χ3v) is 4.03. The summed E-state index contributed by atoms with van der Waals surface area (Å²) in [6, 6.07) is 0. The molecule has 0 fully saturated rings. The van der Waals surface area contributed by atoms with Crippen LogP contribution in [0, 0.1) is 0 Å². The van der Waals surface area contributed by atoms with Gasteiger partial charge in [-0.3, -0.25) is 14.0 Å². The number of fused-ring (bicyclic) bond motifs is 1. The molecule has 1 amide bonds. The number of aromatic nitrogens is 2. The number of nitrogens with zero attached hydrogens (tertiary/aromatic N) is 2. The van der Waals surface area contributed by atoms with Crippen LogP contribution in [0.4, 0.5) is 0 Å². The van der Waals surface area contributed by atoms with Gasteiger partial charge < -0.3 is 5.32 Å². The third-order valence-electron chi connectivity index (χ3n) is 2.29. The zero-order valence-corrected chi connectivity index (χ0v) is 11.5. The van der Waals surface area contributed by atoms with Crippen molar-refractivity contribution >= 4 is 40.3 Å². The Bertz CT molecular complexity index is 562. The molecule has 2 aromatic rings. The number of hydrogen-bond acceptors (Lipinski definition) is 5. The van der Waals surface area contributed by atoms with Crippen molar-refractivity contribution in [2.75, 3.05) is 12.3 Å². The summed E-state index contributed by atoms with van der Waals surface area (Å²) in [6.07, 6.45) is 3.49. The quantitative estimate of drug-likeness (QED) is 0.649. The smallest absolute Gasteiger partial charge is 0.230 e. The first-order valence-corrected chi connectivity index (χ1v) is 7.43. The van der Waals surface area contributed by atoms with E-state index in [1.54, 1.807) is 10.6 Å². The van der Waals surface area contributed by atoms with Gasteiger partial charge in [-0.1, -0.05) is 18.7 Å². The topological polar surface area (TPSA) is 63.5 Å². The van der Waals surface area contributed by atoms with Gasteiger partial charge >= 0.3 is 0 Å². The van der Waals surface area contributed by atoms with Crippen LogP contribution in [0.5, 0.6) is 0 Å². The summed E-state index contributed by atoms with van der Waals surface area (Å²) in [7, 11) is 0. The highest BCUT2D eigenvalue weighted by Crippen LogP contribution is 2.24. The Morgan fingerprint density at radius 2 is 2.50 bits per heavy atom. The molecular weight excluding hydrogens is 270 g/mol. The molecule has 0 atom stereocenters. The van der Waals surface area contributed by atoms with E-state index in [1.807, 2.05) is 12.3 Å². The SMILES string of the molecule is CCCNC(=O)CSc1nc2sccn2c1C=O. The molecule has 0 spiro atoms. The first-order chi connectivity index (χ1) is 8.76. The first-order valence-electron chi connectivity index (χ1n) is 5.56. The van der Waals surface area contributed by atoms with E-state index in [-0.39, 0.29) is 11.7 Å². The van der Waals surface area contributed by atoms with E-state index in [0.29, 0.717) is 17.3 Å². The van der Waals surface area contributed by atoms with Crippen LogP contribution in [0.25, 0.3) is 4.96 Å². The Balaban J connectivity index is 2.05. The van der Waals surface area contributed by atoms with Crippen molar-refractivity contribution in [3.63, 3.8) is 0 Å². The maximum absolute atomic E-state index is 11.5. The van der Waals surface area contributed by atoms with Crippen molar-refractivity contribution in [2.24, 2.45) is 0 Å². The summed E-state index contributed by atoms with van der Waals surface area (Å²) in [5, 5.41) is 5.27. The van der Waals surface area contributed by atoms with Crippen LogP contribution in [0.1, 0.15) is 23.8 Å². The van der Waals surface area contributed by atoms with Crippen molar-refractivity contribution in [3.05, 3.63) is 17.3 Å². The second-order valence-corrected chi connectivity index (χ2v) is 5.45. The van der Waals surface area contributed by atoms with Crippen LogP contribution < -0.4 is 5.32 Å². The maximum Gasteiger partial charge on any atom is 0.230 e. The highest BCUT2D eigenvalue weighted by atomic mass is 32.2. The number of carbonyl (C=O) groups is 2. The lowest BCUT2D eigenvalue weighted by Crippen LogP contribution is -2.25. The fraction of sp³-hybridized carbons (Fsp3) is 0.364. The number of aldehydes is 1. The first kappa shape index (κ1) is 13.1. The van der Waals surface area contributed by atoms with Crippen LogP contribution in [0.2, 0.25) is 0 Å². The van der Waals surface area contributed by atoms with Crippen molar-refractivity contribution in [1.82, 2.24) is 14.7 Å². The predicted molar refractivity (Wildman–Crippen MR) is 72.5 cm³/mol. The summed E-state index contributed by atoms with van der Waals surface area (Å²) in [5.74, 6) is 0.251. The van der Waals surface area contributed by atoms with Crippen molar-refractivity contribution in [1.29, 1.82) is 0 Å². The normalized spacial score (nSPS) is 10.7. The second kappa shape index (κ2) is 6.01. The van der Waals surface area contributed by atoms with E-state index in [0.717, 1.165) is 17.7 Å². The molecule has 0 unspecified atom stereocenters. The molecule has 7 heteroatoms. The summed E-state index contributed by atoms with van der Waals surface area (Å²) in [5.41, 5.74) is 0.513. The molecule has 0 saturated heterocycles. The largest absolute Gasteiger partial charge is 0.355 e. The molecule has 2 aromatic heterocycles. The molecule has 0 aromatic carbocycles. The summed E-state index contributed by atoms with van der Waals surface area (Å²) >= 11 is 2.76. The van der Waals surface area contributed by atoms with E-state index in [9.17, 15) is 9.59 Å². The monoisotopic (exact) mass is 283 g/mol. The number of hydrogen-bond donors (Lipinski definition) is 1. The highest BCUT2D eigenvalue weighted by molar-refractivity contribution is 8.00. The van der Waals surface area contributed by atoms with Gasteiger partial charge in [0.1, 0.15) is 10.7 Å². The molecule has 0 aliphatic carbocycles. The summed E-state index contributed by atoms with van der Waals surface area (Å²) in [6.45, 7) is 2.68. The van der Waals surface area contributed by atoms with Gasteiger partial charge in [0.25, 0.3) is 0 Å². The Kier molecular flexibility index (Phi) is 4.38. The Morgan fingerprint density at radius 3 is 3.22 bits per heavy atom.